The van der Waals surface area contributed by atoms with Crippen LogP contribution < -0.4 is 11.1 Å². The van der Waals surface area contributed by atoms with Gasteiger partial charge in [-0.2, -0.15) is 0 Å². The third-order valence-electron chi connectivity index (χ3n) is 4.42. The number of para-hydroxylation sites is 1. The summed E-state index contributed by atoms with van der Waals surface area (Å²) in [6.07, 6.45) is 3.49. The van der Waals surface area contributed by atoms with Gasteiger partial charge in [0.15, 0.2) is 0 Å². The van der Waals surface area contributed by atoms with Crippen molar-refractivity contribution in [3.05, 3.63) is 28.7 Å². The molecular weight excluding hydrogens is 292 g/mol. The van der Waals surface area contributed by atoms with Crippen molar-refractivity contribution >= 4 is 27.5 Å². The second-order valence-electron chi connectivity index (χ2n) is 5.41. The maximum Gasteiger partial charge on any atom is 0.229 e. The molecule has 0 saturated heterocycles. The normalized spacial score (nSPS) is 33.7. The van der Waals surface area contributed by atoms with Gasteiger partial charge in [-0.1, -0.05) is 12.1 Å². The molecule has 0 aromatic heterocycles. The van der Waals surface area contributed by atoms with Crippen LogP contribution in [0.4, 0.5) is 5.69 Å². The molecule has 18 heavy (non-hydrogen) atoms. The quantitative estimate of drug-likeness (QED) is 0.882. The third kappa shape index (κ3) is 1.97. The van der Waals surface area contributed by atoms with E-state index in [4.69, 9.17) is 5.73 Å². The molecule has 1 aromatic rings. The average Bonchev–Trinajstić information content (AvgIpc) is 2.92. The highest BCUT2D eigenvalue weighted by atomic mass is 79.9. The van der Waals surface area contributed by atoms with Crippen LogP contribution in [0.3, 0.4) is 0 Å². The Bertz CT molecular complexity index is 475. The van der Waals surface area contributed by atoms with Crippen molar-refractivity contribution in [3.63, 3.8) is 0 Å². The standard InChI is InChI=1S/C14H17BrN2O/c15-10-3-1-2-4-11(10)17-14(18)12-8-5-6-9(7-8)13(12)16/h1-4,8-9,12-13H,5-7,16H2,(H,17,18). The summed E-state index contributed by atoms with van der Waals surface area (Å²) in [7, 11) is 0. The summed E-state index contributed by atoms with van der Waals surface area (Å²) in [5.41, 5.74) is 7.02. The van der Waals surface area contributed by atoms with Gasteiger partial charge in [-0.3, -0.25) is 4.79 Å². The fourth-order valence-electron chi connectivity index (χ4n) is 3.50. The van der Waals surface area contributed by atoms with Crippen LogP contribution in [0, 0.1) is 17.8 Å². The summed E-state index contributed by atoms with van der Waals surface area (Å²) in [5.74, 6) is 1.13. The Morgan fingerprint density at radius 2 is 2.00 bits per heavy atom. The average molecular weight is 309 g/mol. The van der Waals surface area contributed by atoms with Gasteiger partial charge in [-0.15, -0.1) is 0 Å². The molecule has 4 atom stereocenters. The van der Waals surface area contributed by atoms with Gasteiger partial charge in [0, 0.05) is 10.5 Å². The predicted octanol–water partition coefficient (Wildman–Crippen LogP) is 2.76. The summed E-state index contributed by atoms with van der Waals surface area (Å²) < 4.78 is 0.912. The number of rotatable bonds is 2. The first kappa shape index (κ1) is 12.2. The predicted molar refractivity (Wildman–Crippen MR) is 75.1 cm³/mol. The smallest absolute Gasteiger partial charge is 0.229 e. The molecule has 2 bridgehead atoms. The fourth-order valence-corrected chi connectivity index (χ4v) is 3.89. The molecule has 0 aliphatic heterocycles. The van der Waals surface area contributed by atoms with E-state index >= 15 is 0 Å². The Hall–Kier alpha value is -0.870. The van der Waals surface area contributed by atoms with Gasteiger partial charge in [-0.25, -0.2) is 0 Å². The van der Waals surface area contributed by atoms with Crippen molar-refractivity contribution < 1.29 is 4.79 Å². The number of halogens is 1. The van der Waals surface area contributed by atoms with Crippen LogP contribution in [0.25, 0.3) is 0 Å². The van der Waals surface area contributed by atoms with Crippen molar-refractivity contribution in [1.29, 1.82) is 0 Å². The third-order valence-corrected chi connectivity index (χ3v) is 5.11. The zero-order chi connectivity index (χ0) is 12.7. The molecule has 3 rings (SSSR count). The maximum absolute atomic E-state index is 12.4. The van der Waals surface area contributed by atoms with Gasteiger partial charge in [0.2, 0.25) is 5.91 Å². The molecule has 2 saturated carbocycles. The van der Waals surface area contributed by atoms with Gasteiger partial charge in [0.1, 0.15) is 0 Å². The van der Waals surface area contributed by atoms with Gasteiger partial charge in [-0.05, 0) is 59.2 Å². The van der Waals surface area contributed by atoms with E-state index in [1.807, 2.05) is 24.3 Å². The lowest BCUT2D eigenvalue weighted by atomic mass is 9.84. The van der Waals surface area contributed by atoms with Crippen molar-refractivity contribution in [2.45, 2.75) is 25.3 Å². The van der Waals surface area contributed by atoms with Crippen LogP contribution in [-0.2, 0) is 4.79 Å². The first-order chi connectivity index (χ1) is 8.66. The minimum Gasteiger partial charge on any atom is -0.327 e. The Morgan fingerprint density at radius 1 is 1.28 bits per heavy atom. The highest BCUT2D eigenvalue weighted by molar-refractivity contribution is 9.10. The summed E-state index contributed by atoms with van der Waals surface area (Å²) >= 11 is 3.44. The zero-order valence-corrected chi connectivity index (χ0v) is 11.7. The van der Waals surface area contributed by atoms with E-state index in [0.29, 0.717) is 11.8 Å². The monoisotopic (exact) mass is 308 g/mol. The summed E-state index contributed by atoms with van der Waals surface area (Å²) in [6.45, 7) is 0. The van der Waals surface area contributed by atoms with Crippen molar-refractivity contribution in [1.82, 2.24) is 0 Å². The number of hydrogen-bond acceptors (Lipinski definition) is 2. The second-order valence-corrected chi connectivity index (χ2v) is 6.26. The lowest BCUT2D eigenvalue weighted by Crippen LogP contribution is -2.42. The topological polar surface area (TPSA) is 55.1 Å². The first-order valence-corrected chi connectivity index (χ1v) is 7.27. The molecule has 2 fully saturated rings. The molecule has 1 amide bonds. The van der Waals surface area contributed by atoms with E-state index < -0.39 is 0 Å². The Morgan fingerprint density at radius 3 is 2.67 bits per heavy atom. The molecule has 0 spiro atoms. The lowest BCUT2D eigenvalue weighted by molar-refractivity contribution is -0.121. The largest absolute Gasteiger partial charge is 0.327 e. The molecule has 3 N–H and O–H groups in total. The van der Waals surface area contributed by atoms with E-state index in [1.54, 1.807) is 0 Å². The number of carbonyl (C=O) groups is 1. The number of anilines is 1. The van der Waals surface area contributed by atoms with E-state index in [0.717, 1.165) is 23.0 Å². The van der Waals surface area contributed by atoms with Crippen LogP contribution in [0.1, 0.15) is 19.3 Å². The molecule has 1 aromatic carbocycles. The van der Waals surface area contributed by atoms with E-state index in [-0.39, 0.29) is 17.9 Å². The Kier molecular flexibility index (Phi) is 3.16. The number of nitrogens with two attached hydrogens (primary N) is 1. The molecule has 3 nitrogen and oxygen atoms in total. The highest BCUT2D eigenvalue weighted by Gasteiger charge is 2.49. The van der Waals surface area contributed by atoms with E-state index in [2.05, 4.69) is 21.2 Å². The molecule has 0 radical (unpaired) electrons. The van der Waals surface area contributed by atoms with Crippen molar-refractivity contribution in [2.75, 3.05) is 5.32 Å². The number of hydrogen-bond donors (Lipinski definition) is 2. The van der Waals surface area contributed by atoms with Gasteiger partial charge < -0.3 is 11.1 Å². The number of carbonyl (C=O) groups excluding carboxylic acids is 1. The molecule has 0 heterocycles. The molecule has 4 unspecified atom stereocenters. The molecule has 2 aliphatic rings. The molecule has 96 valence electrons. The Balaban J connectivity index is 1.74. The van der Waals surface area contributed by atoms with Crippen LogP contribution in [0.5, 0.6) is 0 Å². The summed E-state index contributed by atoms with van der Waals surface area (Å²) in [4.78, 5) is 12.4. The maximum atomic E-state index is 12.4. The van der Waals surface area contributed by atoms with Crippen LogP contribution in [0.2, 0.25) is 0 Å². The van der Waals surface area contributed by atoms with Gasteiger partial charge in [0.25, 0.3) is 0 Å². The first-order valence-electron chi connectivity index (χ1n) is 6.48. The Labute approximate surface area is 115 Å². The number of nitrogens with one attached hydrogen (secondary N) is 1. The lowest BCUT2D eigenvalue weighted by Gasteiger charge is -2.27. The van der Waals surface area contributed by atoms with E-state index in [1.165, 1.54) is 6.42 Å². The minimum absolute atomic E-state index is 0.00384. The zero-order valence-electron chi connectivity index (χ0n) is 10.1. The SMILES string of the molecule is NC1C2CCC(C2)C1C(=O)Nc1ccccc1Br. The fraction of sp³-hybridized carbons (Fsp3) is 0.500. The van der Waals surface area contributed by atoms with Crippen LogP contribution >= 0.6 is 15.9 Å². The van der Waals surface area contributed by atoms with Crippen molar-refractivity contribution in [3.8, 4) is 0 Å². The van der Waals surface area contributed by atoms with E-state index in [9.17, 15) is 4.79 Å². The summed E-state index contributed by atoms with van der Waals surface area (Å²) in [5, 5.41) is 3.00. The molecular formula is C14H17BrN2O. The highest BCUT2D eigenvalue weighted by Crippen LogP contribution is 2.48. The molecule has 2 aliphatic carbocycles. The van der Waals surface area contributed by atoms with Crippen LogP contribution in [-0.4, -0.2) is 11.9 Å². The summed E-state index contributed by atoms with van der Waals surface area (Å²) in [6, 6.07) is 7.73. The van der Waals surface area contributed by atoms with Crippen molar-refractivity contribution in [2.24, 2.45) is 23.5 Å². The minimum atomic E-state index is -0.00384. The van der Waals surface area contributed by atoms with Gasteiger partial charge >= 0.3 is 0 Å². The van der Waals surface area contributed by atoms with Crippen LogP contribution in [0.15, 0.2) is 28.7 Å². The number of amides is 1. The number of fused-ring (bicyclic) bond motifs is 2. The van der Waals surface area contributed by atoms with Gasteiger partial charge in [0.05, 0.1) is 11.6 Å². The number of benzene rings is 1. The second kappa shape index (κ2) is 4.67. The molecule has 4 heteroatoms.